The fourth-order valence-electron chi connectivity index (χ4n) is 4.96. The second kappa shape index (κ2) is 9.38. The highest BCUT2D eigenvalue weighted by atomic mass is 14.9. The minimum Gasteiger partial charge on any atom is -0.244 e. The Kier molecular flexibility index (Phi) is 5.45. The molecule has 0 saturated heterocycles. The van der Waals surface area contributed by atoms with Crippen LogP contribution in [0.4, 0.5) is 0 Å². The van der Waals surface area contributed by atoms with Crippen LogP contribution in [-0.4, -0.2) is 15.0 Å². The predicted molar refractivity (Wildman–Crippen MR) is 157 cm³/mol. The quantitative estimate of drug-likeness (QED) is 0.250. The van der Waals surface area contributed by atoms with Gasteiger partial charge in [-0.2, -0.15) is 0 Å². The van der Waals surface area contributed by atoms with Gasteiger partial charge >= 0.3 is 0 Å². The molecule has 38 heavy (non-hydrogen) atoms. The first kappa shape index (κ1) is 22.1. The lowest BCUT2D eigenvalue weighted by atomic mass is 9.96. The maximum Gasteiger partial charge on any atom is 0.179 e. The fraction of sp³-hybridized carbons (Fsp3) is 0. The maximum absolute atomic E-state index is 5.07. The number of hydrogen-bond acceptors (Lipinski definition) is 3. The summed E-state index contributed by atoms with van der Waals surface area (Å²) in [6.07, 6.45) is 0. The van der Waals surface area contributed by atoms with Crippen molar-refractivity contribution in [2.24, 2.45) is 0 Å². The van der Waals surface area contributed by atoms with E-state index in [1.165, 1.54) is 16.7 Å². The number of para-hydroxylation sites is 2. The van der Waals surface area contributed by atoms with Gasteiger partial charge in [0.15, 0.2) is 5.82 Å². The highest BCUT2D eigenvalue weighted by Crippen LogP contribution is 2.33. The Morgan fingerprint density at radius 1 is 0.368 bits per heavy atom. The third-order valence-corrected chi connectivity index (χ3v) is 6.87. The van der Waals surface area contributed by atoms with Crippen LogP contribution in [0.15, 0.2) is 140 Å². The molecule has 178 valence electrons. The fourth-order valence-corrected chi connectivity index (χ4v) is 4.96. The van der Waals surface area contributed by atoms with E-state index in [1.54, 1.807) is 0 Å². The number of nitrogens with zero attached hydrogens (tertiary/aromatic N) is 3. The van der Waals surface area contributed by atoms with Gasteiger partial charge < -0.3 is 0 Å². The minimum atomic E-state index is 0.626. The third-order valence-electron chi connectivity index (χ3n) is 6.87. The van der Waals surface area contributed by atoms with Crippen molar-refractivity contribution < 1.29 is 0 Å². The Labute approximate surface area is 221 Å². The zero-order valence-electron chi connectivity index (χ0n) is 20.6. The van der Waals surface area contributed by atoms with Gasteiger partial charge in [0, 0.05) is 16.3 Å². The summed E-state index contributed by atoms with van der Waals surface area (Å²) in [6.45, 7) is 0. The molecule has 7 rings (SSSR count). The summed E-state index contributed by atoms with van der Waals surface area (Å²) < 4.78 is 0. The molecule has 0 bridgehead atoms. The minimum absolute atomic E-state index is 0.626. The molecule has 0 saturated carbocycles. The molecule has 0 spiro atoms. The Morgan fingerprint density at radius 3 is 1.79 bits per heavy atom. The predicted octanol–water partition coefficient (Wildman–Crippen LogP) is 8.85. The van der Waals surface area contributed by atoms with Gasteiger partial charge in [-0.05, 0) is 52.6 Å². The van der Waals surface area contributed by atoms with Crippen molar-refractivity contribution >= 4 is 21.8 Å². The van der Waals surface area contributed by atoms with E-state index in [0.29, 0.717) is 5.82 Å². The van der Waals surface area contributed by atoms with Crippen LogP contribution in [0, 0.1) is 0 Å². The van der Waals surface area contributed by atoms with Crippen molar-refractivity contribution in [1.29, 1.82) is 0 Å². The lowest BCUT2D eigenvalue weighted by Gasteiger charge is -2.11. The molecule has 5 aromatic carbocycles. The van der Waals surface area contributed by atoms with Crippen LogP contribution >= 0.6 is 0 Å². The average molecular weight is 486 g/mol. The molecule has 2 aromatic heterocycles. The molecule has 0 fully saturated rings. The first-order valence-corrected chi connectivity index (χ1v) is 12.7. The normalized spacial score (nSPS) is 11.2. The maximum atomic E-state index is 5.07. The summed E-state index contributed by atoms with van der Waals surface area (Å²) in [5, 5.41) is 2.12. The van der Waals surface area contributed by atoms with Crippen LogP contribution < -0.4 is 0 Å². The molecular formula is C35H23N3. The van der Waals surface area contributed by atoms with Gasteiger partial charge in [0.05, 0.1) is 16.7 Å². The summed E-state index contributed by atoms with van der Waals surface area (Å²) in [4.78, 5) is 14.8. The second-order valence-electron chi connectivity index (χ2n) is 9.33. The molecule has 7 aromatic rings. The smallest absolute Gasteiger partial charge is 0.179 e. The van der Waals surface area contributed by atoms with Gasteiger partial charge in [-0.25, -0.2) is 15.0 Å². The Bertz CT molecular complexity index is 1930. The molecule has 0 unspecified atom stereocenters. The lowest BCUT2D eigenvalue weighted by molar-refractivity contribution is 1.19. The van der Waals surface area contributed by atoms with Crippen molar-refractivity contribution in [2.75, 3.05) is 0 Å². The zero-order valence-corrected chi connectivity index (χ0v) is 20.6. The number of rotatable bonds is 4. The highest BCUT2D eigenvalue weighted by Gasteiger charge is 2.13. The number of aromatic nitrogens is 3. The Morgan fingerprint density at radius 2 is 0.974 bits per heavy atom. The summed E-state index contributed by atoms with van der Waals surface area (Å²) in [7, 11) is 0. The van der Waals surface area contributed by atoms with Crippen LogP contribution in [-0.2, 0) is 0 Å². The molecular weight excluding hydrogens is 462 g/mol. The van der Waals surface area contributed by atoms with E-state index >= 15 is 0 Å². The first-order valence-electron chi connectivity index (χ1n) is 12.7. The molecule has 0 radical (unpaired) electrons. The zero-order chi connectivity index (χ0) is 25.3. The summed E-state index contributed by atoms with van der Waals surface area (Å²) in [5.74, 6) is 0.626. The number of hydrogen-bond donors (Lipinski definition) is 0. The summed E-state index contributed by atoms with van der Waals surface area (Å²) >= 11 is 0. The van der Waals surface area contributed by atoms with Crippen molar-refractivity contribution in [1.82, 2.24) is 15.0 Å². The summed E-state index contributed by atoms with van der Waals surface area (Å²) in [5.41, 5.74) is 9.28. The Hall–Kier alpha value is -5.15. The van der Waals surface area contributed by atoms with E-state index in [4.69, 9.17) is 15.0 Å². The monoisotopic (exact) mass is 485 g/mol. The van der Waals surface area contributed by atoms with Crippen LogP contribution in [0.1, 0.15) is 0 Å². The molecule has 0 amide bonds. The van der Waals surface area contributed by atoms with Gasteiger partial charge in [0.2, 0.25) is 0 Å². The van der Waals surface area contributed by atoms with Gasteiger partial charge in [-0.1, -0.05) is 109 Å². The average Bonchev–Trinajstić information content (AvgIpc) is 3.01. The molecule has 0 atom stereocenters. The molecule has 2 heterocycles. The van der Waals surface area contributed by atoms with E-state index in [1.807, 2.05) is 48.5 Å². The van der Waals surface area contributed by atoms with E-state index in [9.17, 15) is 0 Å². The van der Waals surface area contributed by atoms with Gasteiger partial charge in [0.25, 0.3) is 0 Å². The molecule has 0 aliphatic heterocycles. The molecule has 0 N–H and O–H groups in total. The van der Waals surface area contributed by atoms with E-state index in [-0.39, 0.29) is 0 Å². The van der Waals surface area contributed by atoms with Gasteiger partial charge in [-0.3, -0.25) is 0 Å². The van der Waals surface area contributed by atoms with E-state index in [0.717, 1.165) is 44.3 Å². The van der Waals surface area contributed by atoms with Crippen molar-refractivity contribution in [3.05, 3.63) is 140 Å². The summed E-state index contributed by atoms with van der Waals surface area (Å²) in [6, 6.07) is 48.1. The lowest BCUT2D eigenvalue weighted by Crippen LogP contribution is -1.97. The number of benzene rings is 5. The topological polar surface area (TPSA) is 38.7 Å². The molecule has 0 aliphatic carbocycles. The second-order valence-corrected chi connectivity index (χ2v) is 9.33. The van der Waals surface area contributed by atoms with Crippen molar-refractivity contribution in [3.8, 4) is 45.0 Å². The van der Waals surface area contributed by atoms with Crippen molar-refractivity contribution in [3.63, 3.8) is 0 Å². The van der Waals surface area contributed by atoms with Crippen LogP contribution in [0.25, 0.3) is 66.8 Å². The number of pyridine rings is 1. The Balaban J connectivity index is 1.36. The van der Waals surface area contributed by atoms with Gasteiger partial charge in [-0.15, -0.1) is 0 Å². The van der Waals surface area contributed by atoms with Crippen LogP contribution in [0.2, 0.25) is 0 Å². The molecule has 3 heteroatoms. The van der Waals surface area contributed by atoms with E-state index < -0.39 is 0 Å². The molecule has 0 aliphatic rings. The standard InChI is InChI=1S/C35H23N3/c1-2-10-24(11-3-1)26-13-8-14-27(22-26)28-15-9-16-29(23-28)34-30-17-5-7-19-32(30)37-35(38-34)33-21-20-25-12-4-6-18-31(25)36-33/h1-23H. The largest absolute Gasteiger partial charge is 0.244 e. The van der Waals surface area contributed by atoms with Crippen LogP contribution in [0.5, 0.6) is 0 Å². The molecule has 3 nitrogen and oxygen atoms in total. The highest BCUT2D eigenvalue weighted by molar-refractivity contribution is 5.94. The van der Waals surface area contributed by atoms with Crippen LogP contribution in [0.3, 0.4) is 0 Å². The first-order chi connectivity index (χ1) is 18.8. The van der Waals surface area contributed by atoms with Crippen molar-refractivity contribution in [2.45, 2.75) is 0 Å². The SMILES string of the molecule is c1ccc(-c2cccc(-c3cccc(-c4nc(-c5ccc6ccccc6n5)nc5ccccc45)c3)c2)cc1. The van der Waals surface area contributed by atoms with E-state index in [2.05, 4.69) is 91.0 Å². The van der Waals surface area contributed by atoms with Gasteiger partial charge in [0.1, 0.15) is 5.69 Å². The number of fused-ring (bicyclic) bond motifs is 2. The third kappa shape index (κ3) is 4.10.